The molecule has 1 nitrogen and oxygen atoms in total. The number of alkyl halides is 1. The lowest BCUT2D eigenvalue weighted by Crippen LogP contribution is -2.19. The van der Waals surface area contributed by atoms with Crippen LogP contribution in [0.2, 0.25) is 0 Å². The van der Waals surface area contributed by atoms with Crippen LogP contribution < -0.4 is 0 Å². The fourth-order valence-electron chi connectivity index (χ4n) is 1.89. The molecule has 1 saturated carbocycles. The topological polar surface area (TPSA) is 17.1 Å². The van der Waals surface area contributed by atoms with Crippen molar-refractivity contribution in [2.24, 2.45) is 5.41 Å². The Bertz CT molecular complexity index is 370. The number of halogens is 1. The van der Waals surface area contributed by atoms with Crippen LogP contribution in [-0.4, -0.2) is 11.7 Å². The molecule has 1 atom stereocenters. The molecule has 1 unspecified atom stereocenters. The number of hydrogen-bond donors (Lipinski definition) is 0. The SMILES string of the molecule is O=CC(Cl)C1(C2=C/C=C\C=C/C=C\2)CC1. The first-order chi connectivity index (χ1) is 7.29. The molecular weight excluding hydrogens is 208 g/mol. The number of rotatable bonds is 3. The van der Waals surface area contributed by atoms with E-state index >= 15 is 0 Å². The van der Waals surface area contributed by atoms with Gasteiger partial charge >= 0.3 is 0 Å². The van der Waals surface area contributed by atoms with Crippen molar-refractivity contribution in [2.75, 3.05) is 0 Å². The highest BCUT2D eigenvalue weighted by atomic mass is 35.5. The van der Waals surface area contributed by atoms with E-state index < -0.39 is 5.38 Å². The summed E-state index contributed by atoms with van der Waals surface area (Å²) in [4.78, 5) is 10.8. The Morgan fingerprint density at radius 1 is 1.20 bits per heavy atom. The average molecular weight is 221 g/mol. The van der Waals surface area contributed by atoms with Crippen LogP contribution in [0.5, 0.6) is 0 Å². The maximum absolute atomic E-state index is 10.8. The zero-order chi connectivity index (χ0) is 10.7. The van der Waals surface area contributed by atoms with E-state index in [9.17, 15) is 4.79 Å². The van der Waals surface area contributed by atoms with Crippen molar-refractivity contribution in [2.45, 2.75) is 18.2 Å². The average Bonchev–Trinajstić information content (AvgIpc) is 2.97. The smallest absolute Gasteiger partial charge is 0.138 e. The number of allylic oxidation sites excluding steroid dienone is 8. The van der Waals surface area contributed by atoms with Crippen molar-refractivity contribution >= 4 is 17.9 Å². The predicted molar refractivity (Wildman–Crippen MR) is 62.9 cm³/mol. The van der Waals surface area contributed by atoms with E-state index in [0.717, 1.165) is 24.7 Å². The summed E-state index contributed by atoms with van der Waals surface area (Å²) in [5.74, 6) is 0. The molecule has 0 aliphatic heterocycles. The highest BCUT2D eigenvalue weighted by Crippen LogP contribution is 2.56. The molecule has 2 heteroatoms. The maximum Gasteiger partial charge on any atom is 0.138 e. The number of aldehydes is 1. The molecule has 2 rings (SSSR count). The zero-order valence-corrected chi connectivity index (χ0v) is 9.15. The van der Waals surface area contributed by atoms with Crippen molar-refractivity contribution in [3.63, 3.8) is 0 Å². The van der Waals surface area contributed by atoms with Gasteiger partial charge in [0.25, 0.3) is 0 Å². The van der Waals surface area contributed by atoms with Crippen LogP contribution in [0.3, 0.4) is 0 Å². The van der Waals surface area contributed by atoms with Crippen molar-refractivity contribution in [1.29, 1.82) is 0 Å². The summed E-state index contributed by atoms with van der Waals surface area (Å²) >= 11 is 6.06. The lowest BCUT2D eigenvalue weighted by Gasteiger charge is -2.18. The maximum atomic E-state index is 10.8. The summed E-state index contributed by atoms with van der Waals surface area (Å²) < 4.78 is 0. The highest BCUT2D eigenvalue weighted by molar-refractivity contribution is 6.28. The van der Waals surface area contributed by atoms with Gasteiger partial charge in [0.2, 0.25) is 0 Å². The second kappa shape index (κ2) is 4.19. The van der Waals surface area contributed by atoms with Crippen LogP contribution in [0.4, 0.5) is 0 Å². The van der Waals surface area contributed by atoms with Crippen molar-refractivity contribution in [3.8, 4) is 0 Å². The molecule has 78 valence electrons. The van der Waals surface area contributed by atoms with Crippen molar-refractivity contribution in [3.05, 3.63) is 48.1 Å². The van der Waals surface area contributed by atoms with Gasteiger partial charge in [-0.25, -0.2) is 0 Å². The third kappa shape index (κ3) is 1.98. The van der Waals surface area contributed by atoms with E-state index in [0.29, 0.717) is 0 Å². The molecule has 0 N–H and O–H groups in total. The van der Waals surface area contributed by atoms with Crippen molar-refractivity contribution < 1.29 is 4.79 Å². The van der Waals surface area contributed by atoms with Crippen LogP contribution >= 0.6 is 11.6 Å². The first-order valence-electron chi connectivity index (χ1n) is 5.11. The van der Waals surface area contributed by atoms with Crippen molar-refractivity contribution in [1.82, 2.24) is 0 Å². The van der Waals surface area contributed by atoms with Crippen LogP contribution in [0.1, 0.15) is 12.8 Å². The Balaban J connectivity index is 2.26. The van der Waals surface area contributed by atoms with E-state index in [1.807, 2.05) is 42.5 Å². The highest BCUT2D eigenvalue weighted by Gasteiger charge is 2.50. The van der Waals surface area contributed by atoms with Gasteiger partial charge in [0, 0.05) is 5.41 Å². The number of hydrogen-bond acceptors (Lipinski definition) is 1. The van der Waals surface area contributed by atoms with Gasteiger partial charge in [0.1, 0.15) is 6.29 Å². The second-order valence-corrected chi connectivity index (χ2v) is 4.42. The Hall–Kier alpha value is -1.08. The lowest BCUT2D eigenvalue weighted by atomic mass is 9.91. The van der Waals surface area contributed by atoms with E-state index in [2.05, 4.69) is 0 Å². The van der Waals surface area contributed by atoms with Gasteiger partial charge < -0.3 is 4.79 Å². The second-order valence-electron chi connectivity index (χ2n) is 3.94. The molecular formula is C13H13ClO. The summed E-state index contributed by atoms with van der Waals surface area (Å²) in [6.07, 6.45) is 16.9. The van der Waals surface area contributed by atoms with Crippen LogP contribution in [0.15, 0.2) is 48.1 Å². The van der Waals surface area contributed by atoms with Gasteiger partial charge in [0.05, 0.1) is 5.38 Å². The Kier molecular flexibility index (Phi) is 2.92. The van der Waals surface area contributed by atoms with Gasteiger partial charge in [-0.3, -0.25) is 0 Å². The summed E-state index contributed by atoms with van der Waals surface area (Å²) in [7, 11) is 0. The van der Waals surface area contributed by atoms with Gasteiger partial charge in [-0.1, -0.05) is 42.5 Å². The van der Waals surface area contributed by atoms with E-state index in [-0.39, 0.29) is 5.41 Å². The fourth-order valence-corrected chi connectivity index (χ4v) is 2.23. The van der Waals surface area contributed by atoms with Crippen LogP contribution in [0, 0.1) is 5.41 Å². The Morgan fingerprint density at radius 3 is 2.53 bits per heavy atom. The monoisotopic (exact) mass is 220 g/mol. The Morgan fingerprint density at radius 2 is 1.87 bits per heavy atom. The van der Waals surface area contributed by atoms with E-state index in [1.54, 1.807) is 0 Å². The molecule has 0 heterocycles. The summed E-state index contributed by atoms with van der Waals surface area (Å²) in [6, 6.07) is 0. The third-order valence-electron chi connectivity index (χ3n) is 3.01. The normalized spacial score (nSPS) is 33.8. The van der Waals surface area contributed by atoms with Gasteiger partial charge in [-0.05, 0) is 18.4 Å². The largest absolute Gasteiger partial charge is 0.302 e. The summed E-state index contributed by atoms with van der Waals surface area (Å²) in [5.41, 5.74) is 1.06. The lowest BCUT2D eigenvalue weighted by molar-refractivity contribution is -0.108. The molecule has 2 aliphatic carbocycles. The zero-order valence-electron chi connectivity index (χ0n) is 8.40. The molecule has 0 aromatic carbocycles. The molecule has 0 radical (unpaired) electrons. The first kappa shape index (κ1) is 10.4. The molecule has 15 heavy (non-hydrogen) atoms. The molecule has 0 bridgehead atoms. The molecule has 0 aromatic heterocycles. The minimum absolute atomic E-state index is 0.102. The predicted octanol–water partition coefficient (Wildman–Crippen LogP) is 3.18. The van der Waals surface area contributed by atoms with Gasteiger partial charge in [0.15, 0.2) is 0 Å². The molecule has 2 aliphatic rings. The van der Waals surface area contributed by atoms with Gasteiger partial charge in [-0.15, -0.1) is 11.6 Å². The first-order valence-corrected chi connectivity index (χ1v) is 5.55. The summed E-state index contributed by atoms with van der Waals surface area (Å²) in [6.45, 7) is 0. The van der Waals surface area contributed by atoms with Gasteiger partial charge in [-0.2, -0.15) is 0 Å². The van der Waals surface area contributed by atoms with E-state index in [4.69, 9.17) is 11.6 Å². The molecule has 1 fully saturated rings. The molecule has 0 amide bonds. The Labute approximate surface area is 94.8 Å². The quantitative estimate of drug-likeness (QED) is 0.528. The van der Waals surface area contributed by atoms with Crippen LogP contribution in [0.25, 0.3) is 0 Å². The molecule has 0 spiro atoms. The number of carbonyl (C=O) groups is 1. The standard InChI is InChI=1S/C13H13ClO/c14-12(10-15)13(8-9-13)11-6-4-2-1-3-5-7-11/h1-7,10,12H,8-9H2/b2-1-,3-1?,4-2?,5-3-,6-4-,7-5?,11-6?,11-7+. The minimum atomic E-state index is -0.398. The fraction of sp³-hybridized carbons (Fsp3) is 0.308. The molecule has 0 aromatic rings. The minimum Gasteiger partial charge on any atom is -0.302 e. The van der Waals surface area contributed by atoms with E-state index in [1.165, 1.54) is 0 Å². The van der Waals surface area contributed by atoms with Crippen LogP contribution in [-0.2, 0) is 4.79 Å². The number of carbonyl (C=O) groups excluding carboxylic acids is 1. The molecule has 0 saturated heterocycles. The third-order valence-corrected chi connectivity index (χ3v) is 3.53. The summed E-state index contributed by atoms with van der Waals surface area (Å²) in [5, 5.41) is -0.398.